The van der Waals surface area contributed by atoms with Gasteiger partial charge in [0.05, 0.1) is 5.75 Å². The van der Waals surface area contributed by atoms with Crippen LogP contribution in [0.25, 0.3) is 0 Å². The third-order valence-electron chi connectivity index (χ3n) is 2.34. The maximum atomic E-state index is 11.7. The van der Waals surface area contributed by atoms with Crippen LogP contribution < -0.4 is 0 Å². The topological polar surface area (TPSA) is 54.4 Å². The number of hydrogen-bond donors (Lipinski definition) is 1. The molecule has 0 amide bonds. The average Bonchev–Trinajstić information content (AvgIpc) is 2.65. The van der Waals surface area contributed by atoms with Gasteiger partial charge in [0.15, 0.2) is 0 Å². The highest BCUT2D eigenvalue weighted by molar-refractivity contribution is 7.84. The van der Waals surface area contributed by atoms with Gasteiger partial charge in [-0.3, -0.25) is 4.21 Å². The maximum absolute atomic E-state index is 11.7. The van der Waals surface area contributed by atoms with Crippen LogP contribution in [-0.2, 0) is 16.6 Å². The largest absolute Gasteiger partial charge is 0.477 e. The lowest BCUT2D eigenvalue weighted by molar-refractivity contribution is 0.0702. The molecule has 16 heavy (non-hydrogen) atoms. The molecule has 3 nitrogen and oxygen atoms in total. The van der Waals surface area contributed by atoms with E-state index in [2.05, 4.69) is 13.8 Å². The molecule has 90 valence electrons. The highest BCUT2D eigenvalue weighted by atomic mass is 32.2. The average molecular weight is 260 g/mol. The van der Waals surface area contributed by atoms with Gasteiger partial charge < -0.3 is 5.11 Å². The monoisotopic (exact) mass is 260 g/mol. The summed E-state index contributed by atoms with van der Waals surface area (Å²) in [5.74, 6) is 0.711. The zero-order chi connectivity index (χ0) is 12.1. The summed E-state index contributed by atoms with van der Waals surface area (Å²) in [5.41, 5.74) is 0. The third kappa shape index (κ3) is 4.06. The predicted molar refractivity (Wildman–Crippen MR) is 67.4 cm³/mol. The molecule has 0 spiro atoms. The van der Waals surface area contributed by atoms with E-state index in [0.29, 0.717) is 22.3 Å². The van der Waals surface area contributed by atoms with Gasteiger partial charge in [-0.1, -0.05) is 20.3 Å². The quantitative estimate of drug-likeness (QED) is 0.855. The minimum absolute atomic E-state index is 0.315. The van der Waals surface area contributed by atoms with Gasteiger partial charge >= 0.3 is 5.97 Å². The fourth-order valence-corrected chi connectivity index (χ4v) is 3.90. The summed E-state index contributed by atoms with van der Waals surface area (Å²) in [7, 11) is -0.883. The van der Waals surface area contributed by atoms with Crippen molar-refractivity contribution >= 4 is 28.1 Å². The van der Waals surface area contributed by atoms with Crippen LogP contribution in [0.4, 0.5) is 0 Å². The van der Waals surface area contributed by atoms with Gasteiger partial charge in [-0.25, -0.2) is 4.79 Å². The third-order valence-corrected chi connectivity index (χ3v) is 5.17. The van der Waals surface area contributed by atoms with Gasteiger partial charge in [0, 0.05) is 21.4 Å². The zero-order valence-electron chi connectivity index (χ0n) is 9.43. The summed E-state index contributed by atoms with van der Waals surface area (Å²) in [6.45, 7) is 4.16. The van der Waals surface area contributed by atoms with Crippen molar-refractivity contribution in [1.29, 1.82) is 0 Å². The first kappa shape index (κ1) is 13.4. The molecule has 1 aromatic heterocycles. The Bertz CT molecular complexity index is 384. The minimum Gasteiger partial charge on any atom is -0.477 e. The second-order valence-corrected chi connectivity index (χ2v) is 6.51. The van der Waals surface area contributed by atoms with Crippen LogP contribution in [-0.4, -0.2) is 21.0 Å². The fraction of sp³-hybridized carbons (Fsp3) is 0.545. The van der Waals surface area contributed by atoms with Crippen molar-refractivity contribution < 1.29 is 14.1 Å². The summed E-state index contributed by atoms with van der Waals surface area (Å²) < 4.78 is 11.7. The first-order valence-corrected chi connectivity index (χ1v) is 7.50. The van der Waals surface area contributed by atoms with Crippen molar-refractivity contribution in [2.45, 2.75) is 26.0 Å². The number of hydrogen-bond acceptors (Lipinski definition) is 3. The summed E-state index contributed by atoms with van der Waals surface area (Å²) >= 11 is 1.21. The Hall–Kier alpha value is -0.680. The summed E-state index contributed by atoms with van der Waals surface area (Å²) in [4.78, 5) is 11.9. The van der Waals surface area contributed by atoms with E-state index in [0.717, 1.165) is 11.3 Å². The SMILES string of the molecule is CCC(C)CS(=O)Cc1ccc(C(=O)O)s1. The highest BCUT2D eigenvalue weighted by Crippen LogP contribution is 2.19. The molecule has 0 radical (unpaired) electrons. The Morgan fingerprint density at radius 2 is 2.25 bits per heavy atom. The van der Waals surface area contributed by atoms with Gasteiger partial charge in [-0.05, 0) is 18.1 Å². The molecular formula is C11H16O3S2. The van der Waals surface area contributed by atoms with Crippen LogP contribution >= 0.6 is 11.3 Å². The Balaban J connectivity index is 2.53. The van der Waals surface area contributed by atoms with Gasteiger partial charge in [0.1, 0.15) is 4.88 Å². The number of carboxylic acid groups (broad SMARTS) is 1. The van der Waals surface area contributed by atoms with Crippen LogP contribution in [0, 0.1) is 5.92 Å². The molecule has 2 atom stereocenters. The van der Waals surface area contributed by atoms with E-state index in [4.69, 9.17) is 5.11 Å². The zero-order valence-corrected chi connectivity index (χ0v) is 11.1. The molecule has 0 bridgehead atoms. The molecule has 0 aliphatic carbocycles. The van der Waals surface area contributed by atoms with Crippen LogP contribution in [0.2, 0.25) is 0 Å². The van der Waals surface area contributed by atoms with Gasteiger partial charge in [-0.2, -0.15) is 0 Å². The van der Waals surface area contributed by atoms with Crippen LogP contribution in [0.5, 0.6) is 0 Å². The van der Waals surface area contributed by atoms with E-state index < -0.39 is 16.8 Å². The summed E-state index contributed by atoms with van der Waals surface area (Å²) in [5, 5.41) is 8.75. The van der Waals surface area contributed by atoms with Crippen molar-refractivity contribution in [3.8, 4) is 0 Å². The molecule has 5 heteroatoms. The normalized spacial score (nSPS) is 14.6. The summed E-state index contributed by atoms with van der Waals surface area (Å²) in [6.07, 6.45) is 1.02. The van der Waals surface area contributed by atoms with E-state index in [1.165, 1.54) is 11.3 Å². The maximum Gasteiger partial charge on any atom is 0.345 e. The molecule has 1 N–H and O–H groups in total. The number of thiophene rings is 1. The molecule has 1 aromatic rings. The van der Waals surface area contributed by atoms with E-state index >= 15 is 0 Å². The van der Waals surface area contributed by atoms with Crippen molar-refractivity contribution in [1.82, 2.24) is 0 Å². The summed E-state index contributed by atoms with van der Waals surface area (Å²) in [6, 6.07) is 3.32. The molecule has 0 aliphatic rings. The Morgan fingerprint density at radius 1 is 1.56 bits per heavy atom. The van der Waals surface area contributed by atoms with Gasteiger partial charge in [-0.15, -0.1) is 11.3 Å². The minimum atomic E-state index is -0.913. The molecule has 0 saturated carbocycles. The smallest absolute Gasteiger partial charge is 0.345 e. The molecule has 0 aromatic carbocycles. The number of carbonyl (C=O) groups is 1. The standard InChI is InChI=1S/C11H16O3S2/c1-3-8(2)6-16(14)7-9-4-5-10(15-9)11(12)13/h4-5,8H,3,6-7H2,1-2H3,(H,12,13). The molecule has 2 unspecified atom stereocenters. The molecule has 1 heterocycles. The van der Waals surface area contributed by atoms with Crippen molar-refractivity contribution in [3.63, 3.8) is 0 Å². The first-order chi connectivity index (χ1) is 7.52. The highest BCUT2D eigenvalue weighted by Gasteiger charge is 2.11. The second kappa shape index (κ2) is 6.15. The van der Waals surface area contributed by atoms with E-state index in [1.807, 2.05) is 0 Å². The van der Waals surface area contributed by atoms with E-state index in [-0.39, 0.29) is 0 Å². The number of aromatic carboxylic acids is 1. The number of carboxylic acids is 1. The lowest BCUT2D eigenvalue weighted by Crippen LogP contribution is -2.08. The van der Waals surface area contributed by atoms with Crippen LogP contribution in [0.1, 0.15) is 34.8 Å². The van der Waals surface area contributed by atoms with Crippen LogP contribution in [0.15, 0.2) is 12.1 Å². The lowest BCUT2D eigenvalue weighted by Gasteiger charge is -2.06. The van der Waals surface area contributed by atoms with E-state index in [1.54, 1.807) is 12.1 Å². The van der Waals surface area contributed by atoms with Crippen LogP contribution in [0.3, 0.4) is 0 Å². The van der Waals surface area contributed by atoms with Gasteiger partial charge in [0.2, 0.25) is 0 Å². The Morgan fingerprint density at radius 3 is 2.75 bits per heavy atom. The van der Waals surface area contributed by atoms with Crippen molar-refractivity contribution in [2.75, 3.05) is 5.75 Å². The second-order valence-electron chi connectivity index (χ2n) is 3.84. The lowest BCUT2D eigenvalue weighted by atomic mass is 10.2. The molecule has 1 rings (SSSR count). The first-order valence-electron chi connectivity index (χ1n) is 5.20. The molecule has 0 aliphatic heterocycles. The molecule has 0 fully saturated rings. The van der Waals surface area contributed by atoms with Gasteiger partial charge in [0.25, 0.3) is 0 Å². The molecule has 0 saturated heterocycles. The Kier molecular flexibility index (Phi) is 5.15. The van der Waals surface area contributed by atoms with E-state index in [9.17, 15) is 9.00 Å². The predicted octanol–water partition coefficient (Wildman–Crippen LogP) is 2.74. The fourth-order valence-electron chi connectivity index (χ4n) is 1.22. The van der Waals surface area contributed by atoms with Crippen molar-refractivity contribution in [3.05, 3.63) is 21.9 Å². The van der Waals surface area contributed by atoms with Crippen molar-refractivity contribution in [2.24, 2.45) is 5.92 Å². The number of rotatable bonds is 6. The Labute approximate surface area is 102 Å². The molecular weight excluding hydrogens is 244 g/mol.